The molecule has 0 bridgehead atoms. The van der Waals surface area contributed by atoms with E-state index in [0.29, 0.717) is 0 Å². The van der Waals surface area contributed by atoms with E-state index in [1.807, 2.05) is 0 Å². The lowest BCUT2D eigenvalue weighted by Gasteiger charge is -2.15. The van der Waals surface area contributed by atoms with Crippen molar-refractivity contribution in [2.45, 2.75) is 6.42 Å². The number of hydrogen-bond donors (Lipinski definition) is 0. The van der Waals surface area contributed by atoms with E-state index in [0.717, 1.165) is 9.13 Å². The average Bonchev–Trinajstić information content (AvgIpc) is 1.55. The van der Waals surface area contributed by atoms with Crippen LogP contribution in [0.3, 0.4) is 0 Å². The minimum Gasteiger partial charge on any atom is -0.309 e. The molecule has 6 heteroatoms. The van der Waals surface area contributed by atoms with Crippen molar-refractivity contribution in [1.29, 1.82) is 0 Å². The lowest BCUT2D eigenvalue weighted by molar-refractivity contribution is 0.829. The van der Waals surface area contributed by atoms with Crippen LogP contribution in [0.2, 0.25) is 0 Å². The SMILES string of the molecule is [2H]c1c([2H])c([2H])c(-c2c([2H])c([2H])c3c(c2[2H])c2c([2H])c([2H])c([2H])c([2H])c2n3-c2nc(Cc3ccccc3-n3c4c([2H])c([2H])c([2H])c([2H])c4c4c([2H])c([2H])c([2H])c([2H])c43)nc(-n3c4c([2H])c([2H])c([2H])c([2H])c4c4c([2H])c([2H])c([2H])c([2H])c43)n2)c([2H])c1[2H]. The number of hydrogen-bond acceptors (Lipinski definition) is 3. The molecule has 0 aliphatic carbocycles. The Morgan fingerprint density at radius 1 is 0.379 bits per heavy atom. The largest absolute Gasteiger partial charge is 0.309 e. The summed E-state index contributed by atoms with van der Waals surface area (Å²) in [5.74, 6) is -1.88. The molecule has 0 atom stereocenters. The highest BCUT2D eigenvalue weighted by molar-refractivity contribution is 6.11. The maximum Gasteiger partial charge on any atom is 0.239 e. The highest BCUT2D eigenvalue weighted by atomic mass is 15.3. The Kier molecular flexibility index (Phi) is 3.38. The molecular weight excluding hydrogens is 709 g/mol. The Labute approximate surface area is 372 Å². The van der Waals surface area contributed by atoms with Crippen LogP contribution in [0, 0.1) is 0 Å². The van der Waals surface area contributed by atoms with Gasteiger partial charge in [0.2, 0.25) is 11.9 Å². The molecule has 8 aromatic carbocycles. The molecule has 4 heterocycles. The molecule has 0 unspecified atom stereocenters. The van der Waals surface area contributed by atoms with Crippen molar-refractivity contribution in [3.63, 3.8) is 0 Å². The van der Waals surface area contributed by atoms with Gasteiger partial charge in [-0.3, -0.25) is 9.13 Å². The molecule has 0 aliphatic heterocycles. The summed E-state index contributed by atoms with van der Waals surface area (Å²) in [5, 5.41) is -2.44. The Bertz CT molecular complexity index is 5020. The first-order valence-electron chi connectivity index (χ1n) is 31.4. The van der Waals surface area contributed by atoms with Crippen LogP contribution in [0.1, 0.15) is 49.8 Å². The van der Waals surface area contributed by atoms with E-state index in [1.54, 1.807) is 0 Å². The molecule has 272 valence electrons. The third-order valence-electron chi connectivity index (χ3n) is 9.61. The van der Waals surface area contributed by atoms with Crippen molar-refractivity contribution in [3.05, 3.63) is 205 Å². The van der Waals surface area contributed by atoms with Crippen LogP contribution in [-0.4, -0.2) is 28.7 Å². The number of para-hydroxylation sites is 6. The molecule has 58 heavy (non-hydrogen) atoms. The molecule has 0 saturated heterocycles. The van der Waals surface area contributed by atoms with Crippen LogP contribution in [0.15, 0.2) is 193 Å². The molecule has 12 aromatic rings. The van der Waals surface area contributed by atoms with Gasteiger partial charge in [0, 0.05) is 44.4 Å². The van der Waals surface area contributed by atoms with Crippen molar-refractivity contribution in [2.75, 3.05) is 0 Å². The first kappa shape index (κ1) is 15.3. The minimum absolute atomic E-state index is 0.00321. The Morgan fingerprint density at radius 2 is 0.810 bits per heavy atom. The fourth-order valence-electron chi connectivity index (χ4n) is 7.22. The second kappa shape index (κ2) is 12.9. The lowest BCUT2D eigenvalue weighted by Crippen LogP contribution is -2.13. The van der Waals surface area contributed by atoms with E-state index in [1.165, 1.54) is 28.8 Å². The molecule has 0 N–H and O–H groups in total. The molecule has 6 nitrogen and oxygen atoms in total. The quantitative estimate of drug-likeness (QED) is 0.169. The summed E-state index contributed by atoms with van der Waals surface area (Å²) in [6.07, 6.45) is -0.584. The zero-order valence-electron chi connectivity index (χ0n) is 57.2. The van der Waals surface area contributed by atoms with Gasteiger partial charge in [-0.05, 0) is 65.1 Å². The van der Waals surface area contributed by atoms with E-state index in [2.05, 4.69) is 0 Å². The Balaban J connectivity index is 1.27. The second-order valence-electron chi connectivity index (χ2n) is 12.8. The highest BCUT2D eigenvalue weighted by Gasteiger charge is 2.22. The predicted molar refractivity (Wildman–Crippen MR) is 238 cm³/mol. The number of aromatic nitrogens is 6. The molecular formula is C52H34N6. The van der Waals surface area contributed by atoms with Gasteiger partial charge in [-0.1, -0.05) is 145 Å². The fraction of sp³-hybridized carbons (Fsp3) is 0.0192. The second-order valence-corrected chi connectivity index (χ2v) is 12.8. The van der Waals surface area contributed by atoms with Crippen molar-refractivity contribution < 1.29 is 38.4 Å². The molecule has 0 radical (unpaired) electrons. The van der Waals surface area contributed by atoms with Gasteiger partial charge in [-0.2, -0.15) is 15.0 Å². The zero-order valence-corrected chi connectivity index (χ0v) is 29.2. The van der Waals surface area contributed by atoms with Crippen LogP contribution >= 0.6 is 0 Å². The van der Waals surface area contributed by atoms with Crippen molar-refractivity contribution in [1.82, 2.24) is 28.7 Å². The molecule has 0 saturated carbocycles. The maximum atomic E-state index is 9.75. The van der Waals surface area contributed by atoms with Gasteiger partial charge >= 0.3 is 0 Å². The van der Waals surface area contributed by atoms with E-state index < -0.39 is 248 Å². The summed E-state index contributed by atoms with van der Waals surface area (Å²) < 4.78 is 254. The first-order chi connectivity index (χ1) is 40.4. The molecule has 0 aliphatic rings. The number of benzene rings is 8. The Hall–Kier alpha value is -7.83. The standard InChI is InChI=1S/C52H34N6/c1-2-16-34(17-3-1)35-30-31-49-42(32-35)41-23-9-15-29-48(41)58(49)52-54-50(53-51(55-52)57-46-27-13-7-21-39(46)40-22-8-14-28-47(40)57)33-36-18-4-10-24-43(36)56-44-25-11-5-19-37(44)38-20-6-12-26-45(38)56/h1-32H,33H2/i1D,2D,3D,5D,6D,7D,8D,9D,11D,12D,13D,14D,15D,16D,17D,19D,20D,21D,22D,23D,25D,26D,27D,28D,29D,30D,31D,32D. The van der Waals surface area contributed by atoms with Gasteiger partial charge in [0.15, 0.2) is 0 Å². The van der Waals surface area contributed by atoms with Gasteiger partial charge < -0.3 is 4.57 Å². The normalized spacial score (nSPS) is 18.6. The molecule has 0 amide bonds. The van der Waals surface area contributed by atoms with Crippen molar-refractivity contribution in [2.24, 2.45) is 0 Å². The lowest BCUT2D eigenvalue weighted by atomic mass is 10.0. The minimum atomic E-state index is -0.944. The van der Waals surface area contributed by atoms with Gasteiger partial charge in [-0.15, -0.1) is 0 Å². The van der Waals surface area contributed by atoms with Crippen LogP contribution in [0.25, 0.3) is 94.1 Å². The third-order valence-corrected chi connectivity index (χ3v) is 9.61. The van der Waals surface area contributed by atoms with E-state index >= 15 is 0 Å². The molecule has 12 rings (SSSR count). The summed E-state index contributed by atoms with van der Waals surface area (Å²) in [5.41, 5.74) is -4.03. The van der Waals surface area contributed by atoms with Gasteiger partial charge in [-0.25, -0.2) is 0 Å². The summed E-state index contributed by atoms with van der Waals surface area (Å²) in [4.78, 5) is 14.3. The molecule has 0 spiro atoms. The van der Waals surface area contributed by atoms with Crippen LogP contribution in [-0.2, 0) is 6.42 Å². The van der Waals surface area contributed by atoms with E-state index in [4.69, 9.17) is 41.0 Å². The smallest absolute Gasteiger partial charge is 0.239 e. The van der Waals surface area contributed by atoms with Crippen molar-refractivity contribution in [3.8, 4) is 28.7 Å². The monoisotopic (exact) mass is 770 g/mol. The highest BCUT2D eigenvalue weighted by Crippen LogP contribution is 2.37. The summed E-state index contributed by atoms with van der Waals surface area (Å²) in [6, 6.07) is -16.3. The van der Waals surface area contributed by atoms with Crippen LogP contribution in [0.4, 0.5) is 0 Å². The zero-order chi connectivity index (χ0) is 62.5. The van der Waals surface area contributed by atoms with Crippen LogP contribution < -0.4 is 0 Å². The maximum absolute atomic E-state index is 9.75. The number of nitrogens with zero attached hydrogens (tertiary/aromatic N) is 6. The van der Waals surface area contributed by atoms with E-state index in [-0.39, 0.29) is 33.1 Å². The van der Waals surface area contributed by atoms with Crippen LogP contribution in [0.5, 0.6) is 0 Å². The number of fused-ring (bicyclic) bond motifs is 9. The molecule has 0 fully saturated rings. The van der Waals surface area contributed by atoms with Gasteiger partial charge in [0.05, 0.1) is 71.5 Å². The number of rotatable bonds is 6. The van der Waals surface area contributed by atoms with E-state index in [9.17, 15) is 12.3 Å². The first-order valence-corrected chi connectivity index (χ1v) is 17.4. The third kappa shape index (κ3) is 4.95. The Morgan fingerprint density at radius 3 is 1.34 bits per heavy atom. The summed E-state index contributed by atoms with van der Waals surface area (Å²) in [7, 11) is 0. The predicted octanol–water partition coefficient (Wildman–Crippen LogP) is 12.4. The summed E-state index contributed by atoms with van der Waals surface area (Å²) >= 11 is 0. The van der Waals surface area contributed by atoms with Crippen molar-refractivity contribution >= 4 is 65.4 Å². The van der Waals surface area contributed by atoms with Gasteiger partial charge in [0.1, 0.15) is 5.82 Å². The van der Waals surface area contributed by atoms with Gasteiger partial charge in [0.25, 0.3) is 0 Å². The topological polar surface area (TPSA) is 53.5 Å². The molecule has 4 aromatic heterocycles. The fourth-order valence-corrected chi connectivity index (χ4v) is 7.22. The average molecular weight is 771 g/mol. The summed E-state index contributed by atoms with van der Waals surface area (Å²) in [6.45, 7) is 0.